The standard InChI is InChI=1S/C14H20N2O3/c1-9-7-15(8-10(9)2)13-5-4-12(11(3)17)6-14(13)16(18)19/h4-6,9-11,17H,7-8H2,1-3H3/t9?,10?,11-/m0/s1. The summed E-state index contributed by atoms with van der Waals surface area (Å²) >= 11 is 0. The van der Waals surface area contributed by atoms with Crippen LogP contribution in [0.25, 0.3) is 0 Å². The van der Waals surface area contributed by atoms with Crippen molar-refractivity contribution in [3.05, 3.63) is 33.9 Å². The molecule has 104 valence electrons. The Morgan fingerprint density at radius 2 is 1.95 bits per heavy atom. The molecule has 5 heteroatoms. The Morgan fingerprint density at radius 3 is 2.42 bits per heavy atom. The van der Waals surface area contributed by atoms with Gasteiger partial charge in [-0.15, -0.1) is 0 Å². The van der Waals surface area contributed by atoms with Crippen LogP contribution >= 0.6 is 0 Å². The van der Waals surface area contributed by atoms with E-state index >= 15 is 0 Å². The number of nitro benzene ring substituents is 1. The molecule has 0 aromatic heterocycles. The van der Waals surface area contributed by atoms with Crippen LogP contribution in [0.4, 0.5) is 11.4 Å². The van der Waals surface area contributed by atoms with E-state index in [1.165, 1.54) is 6.07 Å². The molecule has 0 saturated carbocycles. The Labute approximate surface area is 113 Å². The first-order valence-corrected chi connectivity index (χ1v) is 6.61. The molecule has 2 unspecified atom stereocenters. The summed E-state index contributed by atoms with van der Waals surface area (Å²) in [7, 11) is 0. The molecule has 1 aromatic carbocycles. The number of hydrogen-bond acceptors (Lipinski definition) is 4. The lowest BCUT2D eigenvalue weighted by atomic mass is 10.0. The van der Waals surface area contributed by atoms with Crippen LogP contribution in [0.1, 0.15) is 32.4 Å². The number of anilines is 1. The molecule has 0 radical (unpaired) electrons. The Morgan fingerprint density at radius 1 is 1.37 bits per heavy atom. The van der Waals surface area contributed by atoms with Crippen molar-refractivity contribution in [3.8, 4) is 0 Å². The molecule has 1 fully saturated rings. The van der Waals surface area contributed by atoms with Gasteiger partial charge in [-0.05, 0) is 30.4 Å². The van der Waals surface area contributed by atoms with Gasteiger partial charge in [0.1, 0.15) is 5.69 Å². The van der Waals surface area contributed by atoms with E-state index in [0.717, 1.165) is 13.1 Å². The zero-order valence-electron chi connectivity index (χ0n) is 11.5. The molecule has 0 amide bonds. The second kappa shape index (κ2) is 5.17. The third-order valence-electron chi connectivity index (χ3n) is 4.01. The summed E-state index contributed by atoms with van der Waals surface area (Å²) in [5.74, 6) is 1.08. The number of nitrogens with zero attached hydrogens (tertiary/aromatic N) is 2. The lowest BCUT2D eigenvalue weighted by Gasteiger charge is -2.19. The van der Waals surface area contributed by atoms with Gasteiger partial charge in [0.05, 0.1) is 11.0 Å². The zero-order valence-corrected chi connectivity index (χ0v) is 11.5. The number of nitro groups is 1. The Balaban J connectivity index is 2.38. The van der Waals surface area contributed by atoms with Crippen LogP contribution in [-0.2, 0) is 0 Å². The fourth-order valence-electron chi connectivity index (χ4n) is 2.54. The van der Waals surface area contributed by atoms with Gasteiger partial charge in [-0.3, -0.25) is 10.1 Å². The molecule has 1 aromatic rings. The Hall–Kier alpha value is -1.62. The molecule has 5 nitrogen and oxygen atoms in total. The first kappa shape index (κ1) is 13.8. The third-order valence-corrected chi connectivity index (χ3v) is 4.01. The summed E-state index contributed by atoms with van der Waals surface area (Å²) < 4.78 is 0. The van der Waals surface area contributed by atoms with Crippen molar-refractivity contribution >= 4 is 11.4 Å². The van der Waals surface area contributed by atoms with Crippen LogP contribution in [-0.4, -0.2) is 23.1 Å². The second-order valence-electron chi connectivity index (χ2n) is 5.54. The maximum atomic E-state index is 11.2. The molecule has 19 heavy (non-hydrogen) atoms. The van der Waals surface area contributed by atoms with Gasteiger partial charge in [0.15, 0.2) is 0 Å². The summed E-state index contributed by atoms with van der Waals surface area (Å²) in [5, 5.41) is 20.7. The largest absolute Gasteiger partial charge is 0.389 e. The molecule has 3 atom stereocenters. The van der Waals surface area contributed by atoms with Gasteiger partial charge >= 0.3 is 0 Å². The molecule has 0 aliphatic carbocycles. The summed E-state index contributed by atoms with van der Waals surface area (Å²) in [6.07, 6.45) is -0.691. The lowest BCUT2D eigenvalue weighted by Crippen LogP contribution is -2.20. The Kier molecular flexibility index (Phi) is 3.75. The summed E-state index contributed by atoms with van der Waals surface area (Å²) in [4.78, 5) is 12.9. The van der Waals surface area contributed by atoms with Crippen molar-refractivity contribution in [1.82, 2.24) is 0 Å². The van der Waals surface area contributed by atoms with Gasteiger partial charge in [0.2, 0.25) is 0 Å². The van der Waals surface area contributed by atoms with Crippen LogP contribution in [0.5, 0.6) is 0 Å². The minimum Gasteiger partial charge on any atom is -0.389 e. The van der Waals surface area contributed by atoms with Crippen LogP contribution in [0.2, 0.25) is 0 Å². The lowest BCUT2D eigenvalue weighted by molar-refractivity contribution is -0.384. The number of rotatable bonds is 3. The van der Waals surface area contributed by atoms with Crippen molar-refractivity contribution in [2.75, 3.05) is 18.0 Å². The predicted molar refractivity (Wildman–Crippen MR) is 74.3 cm³/mol. The molecular weight excluding hydrogens is 244 g/mol. The molecule has 0 bridgehead atoms. The topological polar surface area (TPSA) is 66.6 Å². The van der Waals surface area contributed by atoms with Crippen molar-refractivity contribution in [2.24, 2.45) is 11.8 Å². The highest BCUT2D eigenvalue weighted by molar-refractivity contribution is 5.65. The van der Waals surface area contributed by atoms with E-state index < -0.39 is 6.10 Å². The normalized spacial score (nSPS) is 24.5. The van der Waals surface area contributed by atoms with Crippen molar-refractivity contribution in [2.45, 2.75) is 26.9 Å². The molecule has 1 aliphatic heterocycles. The van der Waals surface area contributed by atoms with Gasteiger partial charge in [-0.2, -0.15) is 0 Å². The highest BCUT2D eigenvalue weighted by Gasteiger charge is 2.30. The number of aliphatic hydroxyl groups is 1. The van der Waals surface area contributed by atoms with Crippen molar-refractivity contribution in [3.63, 3.8) is 0 Å². The van der Waals surface area contributed by atoms with Crippen LogP contribution in [0.15, 0.2) is 18.2 Å². The molecule has 2 rings (SSSR count). The van der Waals surface area contributed by atoms with E-state index in [1.807, 2.05) is 0 Å². The molecule has 1 heterocycles. The van der Waals surface area contributed by atoms with E-state index in [0.29, 0.717) is 23.1 Å². The molecule has 1 N–H and O–H groups in total. The van der Waals surface area contributed by atoms with Gasteiger partial charge in [0.25, 0.3) is 5.69 Å². The first-order valence-electron chi connectivity index (χ1n) is 6.61. The quantitative estimate of drug-likeness (QED) is 0.673. The van der Waals surface area contributed by atoms with Gasteiger partial charge in [-0.1, -0.05) is 19.9 Å². The van der Waals surface area contributed by atoms with E-state index in [2.05, 4.69) is 18.7 Å². The average molecular weight is 264 g/mol. The summed E-state index contributed by atoms with van der Waals surface area (Å²) in [6, 6.07) is 5.00. The van der Waals surface area contributed by atoms with Gasteiger partial charge in [-0.25, -0.2) is 0 Å². The van der Waals surface area contributed by atoms with E-state index in [9.17, 15) is 15.2 Å². The molecule has 1 saturated heterocycles. The van der Waals surface area contributed by atoms with E-state index in [-0.39, 0.29) is 10.6 Å². The maximum absolute atomic E-state index is 11.2. The third kappa shape index (κ3) is 2.71. The zero-order chi connectivity index (χ0) is 14.2. The monoisotopic (exact) mass is 264 g/mol. The van der Waals surface area contributed by atoms with E-state index in [1.54, 1.807) is 19.1 Å². The molecule has 0 spiro atoms. The minimum absolute atomic E-state index is 0.0831. The average Bonchev–Trinajstić information content (AvgIpc) is 2.68. The second-order valence-corrected chi connectivity index (χ2v) is 5.54. The fraction of sp³-hybridized carbons (Fsp3) is 0.571. The van der Waals surface area contributed by atoms with Crippen LogP contribution in [0.3, 0.4) is 0 Å². The maximum Gasteiger partial charge on any atom is 0.292 e. The van der Waals surface area contributed by atoms with Gasteiger partial charge < -0.3 is 10.0 Å². The smallest absolute Gasteiger partial charge is 0.292 e. The predicted octanol–water partition coefficient (Wildman–Crippen LogP) is 2.74. The number of aliphatic hydroxyl groups excluding tert-OH is 1. The van der Waals surface area contributed by atoms with Gasteiger partial charge in [0, 0.05) is 19.2 Å². The first-order chi connectivity index (χ1) is 8.90. The molecular formula is C14H20N2O3. The number of benzene rings is 1. The van der Waals surface area contributed by atoms with E-state index in [4.69, 9.17) is 0 Å². The van der Waals surface area contributed by atoms with Crippen molar-refractivity contribution < 1.29 is 10.0 Å². The van der Waals surface area contributed by atoms with Crippen LogP contribution < -0.4 is 4.90 Å². The molecule has 1 aliphatic rings. The summed E-state index contributed by atoms with van der Waals surface area (Å²) in [6.45, 7) is 7.63. The SMILES string of the molecule is CC1CN(c2ccc([C@H](C)O)cc2[N+](=O)[O-])CC1C. The minimum atomic E-state index is -0.691. The highest BCUT2D eigenvalue weighted by atomic mass is 16.6. The number of hydrogen-bond donors (Lipinski definition) is 1. The fourth-order valence-corrected chi connectivity index (χ4v) is 2.54. The van der Waals surface area contributed by atoms with Crippen LogP contribution in [0, 0.1) is 22.0 Å². The summed E-state index contributed by atoms with van der Waals surface area (Å²) in [5.41, 5.74) is 1.32. The Bertz CT molecular complexity index is 478. The highest BCUT2D eigenvalue weighted by Crippen LogP contribution is 2.35. The van der Waals surface area contributed by atoms with Crippen molar-refractivity contribution in [1.29, 1.82) is 0 Å².